The monoisotopic (exact) mass is 340 g/mol. The normalized spacial score (nSPS) is 18.5. The molecule has 25 heavy (non-hydrogen) atoms. The number of benzene rings is 1. The van der Waals surface area contributed by atoms with E-state index in [9.17, 15) is 4.79 Å². The van der Waals surface area contributed by atoms with Gasteiger partial charge in [-0.2, -0.15) is 0 Å². The van der Waals surface area contributed by atoms with Crippen molar-refractivity contribution in [1.29, 1.82) is 0 Å². The molecule has 3 heterocycles. The van der Waals surface area contributed by atoms with Gasteiger partial charge in [-0.3, -0.25) is 14.6 Å². The molecule has 6 nitrogen and oxygen atoms in total. The van der Waals surface area contributed by atoms with E-state index in [0.717, 1.165) is 62.8 Å². The zero-order chi connectivity index (χ0) is 17.2. The van der Waals surface area contributed by atoms with Gasteiger partial charge in [0.1, 0.15) is 0 Å². The summed E-state index contributed by atoms with van der Waals surface area (Å²) in [5.74, 6) is 1.12. The third kappa shape index (κ3) is 3.60. The summed E-state index contributed by atoms with van der Waals surface area (Å²) in [6.07, 6.45) is 0.965. The van der Waals surface area contributed by atoms with Gasteiger partial charge in [0.2, 0.25) is 5.91 Å². The van der Waals surface area contributed by atoms with Crippen molar-refractivity contribution in [2.45, 2.75) is 19.9 Å². The number of para-hydroxylation sites is 1. The molecular weight excluding hydrogens is 316 g/mol. The van der Waals surface area contributed by atoms with Crippen LogP contribution in [-0.2, 0) is 17.8 Å². The van der Waals surface area contributed by atoms with Gasteiger partial charge in [-0.25, -0.2) is 0 Å². The van der Waals surface area contributed by atoms with Crippen LogP contribution in [0.2, 0.25) is 0 Å². The number of nitrogens with zero attached hydrogens (tertiary/aromatic N) is 4. The minimum atomic E-state index is 0.212. The molecule has 0 radical (unpaired) electrons. The van der Waals surface area contributed by atoms with Crippen molar-refractivity contribution in [3.8, 4) is 0 Å². The molecule has 1 saturated heterocycles. The zero-order valence-electron chi connectivity index (χ0n) is 14.6. The molecule has 2 aromatic rings. The lowest BCUT2D eigenvalue weighted by molar-refractivity contribution is -0.120. The Morgan fingerprint density at radius 3 is 2.64 bits per heavy atom. The van der Waals surface area contributed by atoms with E-state index in [1.54, 1.807) is 0 Å². The van der Waals surface area contributed by atoms with E-state index in [1.165, 1.54) is 5.56 Å². The fourth-order valence-electron chi connectivity index (χ4n) is 3.69. The highest BCUT2D eigenvalue weighted by molar-refractivity contribution is 5.96. The van der Waals surface area contributed by atoms with E-state index in [4.69, 9.17) is 4.52 Å². The van der Waals surface area contributed by atoms with Crippen LogP contribution in [0.3, 0.4) is 0 Å². The van der Waals surface area contributed by atoms with Gasteiger partial charge in [0.15, 0.2) is 5.76 Å². The van der Waals surface area contributed by atoms with Crippen LogP contribution in [-0.4, -0.2) is 60.1 Å². The van der Waals surface area contributed by atoms with Crippen LogP contribution < -0.4 is 4.90 Å². The third-order valence-electron chi connectivity index (χ3n) is 5.07. The van der Waals surface area contributed by atoms with Gasteiger partial charge in [-0.15, -0.1) is 0 Å². The van der Waals surface area contributed by atoms with E-state index in [0.29, 0.717) is 6.54 Å². The Kier molecular flexibility index (Phi) is 4.55. The molecule has 0 bridgehead atoms. The Balaban J connectivity index is 1.28. The number of amides is 1. The molecule has 0 N–H and O–H groups in total. The van der Waals surface area contributed by atoms with Gasteiger partial charge < -0.3 is 9.42 Å². The maximum atomic E-state index is 12.7. The van der Waals surface area contributed by atoms with Gasteiger partial charge in [-0.05, 0) is 25.0 Å². The molecule has 0 unspecified atom stereocenters. The van der Waals surface area contributed by atoms with Crippen molar-refractivity contribution in [1.82, 2.24) is 15.0 Å². The molecule has 6 heteroatoms. The van der Waals surface area contributed by atoms with E-state index in [2.05, 4.69) is 27.1 Å². The second kappa shape index (κ2) is 6.98. The molecule has 4 rings (SSSR count). The Morgan fingerprint density at radius 2 is 1.88 bits per heavy atom. The lowest BCUT2D eigenvalue weighted by Crippen LogP contribution is -2.49. The minimum Gasteiger partial charge on any atom is -0.360 e. The molecule has 0 aliphatic carbocycles. The number of rotatable bonds is 4. The van der Waals surface area contributed by atoms with Crippen LogP contribution >= 0.6 is 0 Å². The largest absolute Gasteiger partial charge is 0.360 e. The smallest absolute Gasteiger partial charge is 0.241 e. The maximum absolute atomic E-state index is 12.7. The number of piperazine rings is 1. The predicted octanol–water partition coefficient (Wildman–Crippen LogP) is 1.69. The summed E-state index contributed by atoms with van der Waals surface area (Å²) in [6, 6.07) is 10.2. The number of carbonyl (C=O) groups excluding carboxylic acids is 1. The highest BCUT2D eigenvalue weighted by Crippen LogP contribution is 2.27. The van der Waals surface area contributed by atoms with Crippen LogP contribution in [0, 0.1) is 6.92 Å². The van der Waals surface area contributed by atoms with E-state index < -0.39 is 0 Å². The Hall–Kier alpha value is -2.18. The summed E-state index contributed by atoms with van der Waals surface area (Å²) in [6.45, 7) is 7.76. The summed E-state index contributed by atoms with van der Waals surface area (Å²) < 4.78 is 5.29. The van der Waals surface area contributed by atoms with Gasteiger partial charge in [0.05, 0.1) is 18.8 Å². The van der Waals surface area contributed by atoms with Crippen molar-refractivity contribution in [3.63, 3.8) is 0 Å². The van der Waals surface area contributed by atoms with Gasteiger partial charge >= 0.3 is 0 Å². The SMILES string of the molecule is Cc1cc(CN2CCN(CC(=O)N3CCc4ccccc43)CC2)on1. The van der Waals surface area contributed by atoms with E-state index in [-0.39, 0.29) is 5.91 Å². The topological polar surface area (TPSA) is 52.8 Å². The number of hydrogen-bond donors (Lipinski definition) is 0. The molecule has 132 valence electrons. The van der Waals surface area contributed by atoms with Crippen molar-refractivity contribution < 1.29 is 9.32 Å². The quantitative estimate of drug-likeness (QED) is 0.848. The zero-order valence-corrected chi connectivity index (χ0v) is 14.6. The Morgan fingerprint density at radius 1 is 1.12 bits per heavy atom. The molecule has 0 atom stereocenters. The molecule has 1 amide bonds. The highest BCUT2D eigenvalue weighted by atomic mass is 16.5. The van der Waals surface area contributed by atoms with E-state index >= 15 is 0 Å². The molecule has 2 aliphatic rings. The van der Waals surface area contributed by atoms with Gasteiger partial charge in [0, 0.05) is 44.5 Å². The molecule has 1 fully saturated rings. The first-order valence-electron chi connectivity index (χ1n) is 8.94. The molecule has 0 saturated carbocycles. The predicted molar refractivity (Wildman–Crippen MR) is 95.5 cm³/mol. The molecule has 0 spiro atoms. The summed E-state index contributed by atoms with van der Waals surface area (Å²) in [4.78, 5) is 19.3. The first kappa shape index (κ1) is 16.3. The summed E-state index contributed by atoms with van der Waals surface area (Å²) in [5.41, 5.74) is 3.29. The molecule has 1 aromatic carbocycles. The number of carbonyl (C=O) groups is 1. The number of hydrogen-bond acceptors (Lipinski definition) is 5. The minimum absolute atomic E-state index is 0.212. The third-order valence-corrected chi connectivity index (χ3v) is 5.07. The number of anilines is 1. The fourth-order valence-corrected chi connectivity index (χ4v) is 3.69. The van der Waals surface area contributed by atoms with Crippen LogP contribution in [0.1, 0.15) is 17.0 Å². The lowest BCUT2D eigenvalue weighted by Gasteiger charge is -2.34. The molecule has 1 aromatic heterocycles. The summed E-state index contributed by atoms with van der Waals surface area (Å²) in [5, 5.41) is 3.94. The number of fused-ring (bicyclic) bond motifs is 1. The van der Waals surface area contributed by atoms with Crippen molar-refractivity contribution >= 4 is 11.6 Å². The number of aromatic nitrogens is 1. The van der Waals surface area contributed by atoms with Crippen molar-refractivity contribution in [2.75, 3.05) is 44.2 Å². The second-order valence-corrected chi connectivity index (χ2v) is 6.91. The van der Waals surface area contributed by atoms with Crippen molar-refractivity contribution in [2.24, 2.45) is 0 Å². The van der Waals surface area contributed by atoms with E-state index in [1.807, 2.05) is 30.0 Å². The lowest BCUT2D eigenvalue weighted by atomic mass is 10.2. The average molecular weight is 340 g/mol. The second-order valence-electron chi connectivity index (χ2n) is 6.91. The maximum Gasteiger partial charge on any atom is 0.241 e. The molecular formula is C19H24N4O2. The van der Waals surface area contributed by atoms with Crippen LogP contribution in [0.25, 0.3) is 0 Å². The first-order valence-corrected chi connectivity index (χ1v) is 8.94. The van der Waals surface area contributed by atoms with Gasteiger partial charge in [-0.1, -0.05) is 23.4 Å². The van der Waals surface area contributed by atoms with Crippen LogP contribution in [0.15, 0.2) is 34.9 Å². The summed E-state index contributed by atoms with van der Waals surface area (Å²) in [7, 11) is 0. The standard InChI is InChI=1S/C19H24N4O2/c1-15-12-17(25-20-15)13-21-8-10-22(11-9-21)14-19(24)23-7-6-16-4-2-3-5-18(16)23/h2-5,12H,6-11,13-14H2,1H3. The first-order chi connectivity index (χ1) is 12.2. The van der Waals surface area contributed by atoms with Crippen LogP contribution in [0.5, 0.6) is 0 Å². The highest BCUT2D eigenvalue weighted by Gasteiger charge is 2.27. The molecule has 2 aliphatic heterocycles. The number of aryl methyl sites for hydroxylation is 1. The Labute approximate surface area is 148 Å². The van der Waals surface area contributed by atoms with Crippen molar-refractivity contribution in [3.05, 3.63) is 47.3 Å². The average Bonchev–Trinajstić information content (AvgIpc) is 3.23. The Bertz CT molecular complexity index is 749. The summed E-state index contributed by atoms with van der Waals surface area (Å²) >= 11 is 0. The van der Waals surface area contributed by atoms with Gasteiger partial charge in [0.25, 0.3) is 0 Å². The fraction of sp³-hybridized carbons (Fsp3) is 0.474. The van der Waals surface area contributed by atoms with Crippen LogP contribution in [0.4, 0.5) is 5.69 Å².